The van der Waals surface area contributed by atoms with Crippen molar-refractivity contribution in [3.8, 4) is 0 Å². The number of carboxylic acids is 1. The second-order valence-corrected chi connectivity index (χ2v) is 6.95. The van der Waals surface area contributed by atoms with Crippen LogP contribution in [0.5, 0.6) is 0 Å². The van der Waals surface area contributed by atoms with Gasteiger partial charge in [-0.3, -0.25) is 4.79 Å². The first-order chi connectivity index (χ1) is 12.4. The molecule has 1 saturated heterocycles. The van der Waals surface area contributed by atoms with E-state index in [1.807, 2.05) is 6.92 Å². The maximum Gasteiger partial charge on any atom is 0.341 e. The molecule has 0 bridgehead atoms. The zero-order valence-corrected chi connectivity index (χ0v) is 14.7. The van der Waals surface area contributed by atoms with E-state index in [9.17, 15) is 14.0 Å². The van der Waals surface area contributed by atoms with Gasteiger partial charge in [0.2, 0.25) is 5.43 Å². The van der Waals surface area contributed by atoms with Crippen LogP contribution in [0.25, 0.3) is 10.9 Å². The number of benzene rings is 1. The summed E-state index contributed by atoms with van der Waals surface area (Å²) >= 11 is 0. The summed E-state index contributed by atoms with van der Waals surface area (Å²) < 4.78 is 15.3. The Kier molecular flexibility index (Phi) is 5.38. The van der Waals surface area contributed by atoms with Gasteiger partial charge in [0.1, 0.15) is 11.4 Å². The molecule has 6 nitrogen and oxygen atoms in total. The molecule has 0 saturated carbocycles. The molecule has 0 radical (unpaired) electrons. The van der Waals surface area contributed by atoms with E-state index in [1.165, 1.54) is 23.7 Å². The van der Waals surface area contributed by atoms with Crippen molar-refractivity contribution in [1.82, 2.24) is 9.63 Å². The predicted octanol–water partition coefficient (Wildman–Crippen LogP) is 3.21. The van der Waals surface area contributed by atoms with E-state index in [2.05, 4.69) is 0 Å². The molecule has 1 fully saturated rings. The SMILES string of the molecule is CC1CCc2cc(F)cc3c(=O)c(C(=O)O)cn1c23.ON1CCCCC1. The minimum Gasteiger partial charge on any atom is -0.477 e. The van der Waals surface area contributed by atoms with Crippen molar-refractivity contribution in [3.63, 3.8) is 0 Å². The van der Waals surface area contributed by atoms with Crippen molar-refractivity contribution in [1.29, 1.82) is 0 Å². The summed E-state index contributed by atoms with van der Waals surface area (Å²) in [5.74, 6) is -1.78. The van der Waals surface area contributed by atoms with Crippen LogP contribution in [-0.4, -0.2) is 39.0 Å². The molecule has 26 heavy (non-hydrogen) atoms. The molecule has 0 aliphatic carbocycles. The molecule has 2 aliphatic rings. The number of halogens is 1. The highest BCUT2D eigenvalue weighted by Gasteiger charge is 2.23. The molecule has 1 atom stereocenters. The average Bonchev–Trinajstić information content (AvgIpc) is 2.60. The van der Waals surface area contributed by atoms with E-state index in [4.69, 9.17) is 10.3 Å². The van der Waals surface area contributed by atoms with Crippen LogP contribution in [-0.2, 0) is 6.42 Å². The first-order valence-electron chi connectivity index (χ1n) is 8.93. The van der Waals surface area contributed by atoms with E-state index < -0.39 is 17.2 Å². The number of carbonyl (C=O) groups is 1. The smallest absolute Gasteiger partial charge is 0.341 e. The Balaban J connectivity index is 0.000000236. The van der Waals surface area contributed by atoms with Crippen molar-refractivity contribution < 1.29 is 19.5 Å². The zero-order valence-electron chi connectivity index (χ0n) is 14.7. The largest absolute Gasteiger partial charge is 0.477 e. The Hall–Kier alpha value is -2.25. The molecule has 2 aliphatic heterocycles. The number of carboxylic acid groups (broad SMARTS) is 1. The monoisotopic (exact) mass is 362 g/mol. The molecular formula is C19H23FN2O4. The Labute approximate surface area is 150 Å². The number of rotatable bonds is 1. The van der Waals surface area contributed by atoms with E-state index in [0.29, 0.717) is 11.9 Å². The molecule has 140 valence electrons. The summed E-state index contributed by atoms with van der Waals surface area (Å²) in [5.41, 5.74) is 0.503. The fourth-order valence-electron chi connectivity index (χ4n) is 3.61. The topological polar surface area (TPSA) is 82.8 Å². The van der Waals surface area contributed by atoms with Gasteiger partial charge in [-0.1, -0.05) is 6.42 Å². The summed E-state index contributed by atoms with van der Waals surface area (Å²) in [5, 5.41) is 19.4. The summed E-state index contributed by atoms with van der Waals surface area (Å²) in [6, 6.07) is 2.64. The first-order valence-corrected chi connectivity index (χ1v) is 8.93. The minimum atomic E-state index is -1.28. The van der Waals surface area contributed by atoms with Crippen LogP contribution < -0.4 is 5.43 Å². The van der Waals surface area contributed by atoms with Crippen LogP contribution >= 0.6 is 0 Å². The Morgan fingerprint density at radius 1 is 1.23 bits per heavy atom. The average molecular weight is 362 g/mol. The zero-order chi connectivity index (χ0) is 18.8. The molecule has 2 aromatic rings. The number of aryl methyl sites for hydroxylation is 1. The standard InChI is InChI=1S/C14H12FNO3.C5H11NO/c1-7-2-3-8-4-9(15)5-10-12(8)16(7)6-11(13(10)17)14(18)19;7-6-4-2-1-3-5-6/h4-7H,2-3H2,1H3,(H,18,19);7H,1-5H2. The molecule has 4 rings (SSSR count). The first kappa shape index (κ1) is 18.5. The van der Waals surface area contributed by atoms with E-state index in [-0.39, 0.29) is 17.0 Å². The van der Waals surface area contributed by atoms with Crippen LogP contribution in [0.4, 0.5) is 4.39 Å². The summed E-state index contributed by atoms with van der Waals surface area (Å²) in [4.78, 5) is 23.2. The van der Waals surface area contributed by atoms with Gasteiger partial charge in [0.15, 0.2) is 0 Å². The van der Waals surface area contributed by atoms with E-state index in [0.717, 1.165) is 44.0 Å². The number of hydroxylamine groups is 2. The maximum absolute atomic E-state index is 13.6. The summed E-state index contributed by atoms with van der Waals surface area (Å²) in [7, 11) is 0. The molecule has 2 N–H and O–H groups in total. The lowest BCUT2D eigenvalue weighted by atomic mass is 9.96. The Morgan fingerprint density at radius 2 is 1.92 bits per heavy atom. The van der Waals surface area contributed by atoms with Gasteiger partial charge >= 0.3 is 5.97 Å². The van der Waals surface area contributed by atoms with Gasteiger partial charge in [-0.05, 0) is 50.3 Å². The molecule has 1 aromatic heterocycles. The summed E-state index contributed by atoms with van der Waals surface area (Å²) in [6.07, 6.45) is 6.48. The van der Waals surface area contributed by atoms with Crippen LogP contribution in [0.15, 0.2) is 23.1 Å². The number of piperidine rings is 1. The van der Waals surface area contributed by atoms with Crippen molar-refractivity contribution in [3.05, 3.63) is 45.5 Å². The van der Waals surface area contributed by atoms with Crippen LogP contribution in [0.3, 0.4) is 0 Å². The number of aromatic nitrogens is 1. The summed E-state index contributed by atoms with van der Waals surface area (Å²) in [6.45, 7) is 3.71. The normalized spacial score (nSPS) is 19.7. The van der Waals surface area contributed by atoms with Crippen LogP contribution in [0, 0.1) is 5.82 Å². The number of nitrogens with zero attached hydrogens (tertiary/aromatic N) is 2. The number of hydrogen-bond acceptors (Lipinski definition) is 4. The molecule has 0 spiro atoms. The van der Waals surface area contributed by atoms with Crippen molar-refractivity contribution in [2.24, 2.45) is 0 Å². The second kappa shape index (κ2) is 7.55. The molecular weight excluding hydrogens is 339 g/mol. The third kappa shape index (κ3) is 3.64. The van der Waals surface area contributed by atoms with Gasteiger partial charge in [0.05, 0.1) is 5.52 Å². The fourth-order valence-corrected chi connectivity index (χ4v) is 3.61. The third-order valence-electron chi connectivity index (χ3n) is 5.04. The molecule has 3 heterocycles. The van der Waals surface area contributed by atoms with Gasteiger partial charge in [-0.2, -0.15) is 5.06 Å². The fraction of sp³-hybridized carbons (Fsp3) is 0.474. The lowest BCUT2D eigenvalue weighted by Gasteiger charge is -2.26. The minimum absolute atomic E-state index is 0.0964. The molecule has 1 aromatic carbocycles. The third-order valence-corrected chi connectivity index (χ3v) is 5.04. The number of pyridine rings is 1. The number of hydrogen-bond donors (Lipinski definition) is 2. The van der Waals surface area contributed by atoms with Gasteiger partial charge in [-0.15, -0.1) is 0 Å². The van der Waals surface area contributed by atoms with Gasteiger partial charge in [0.25, 0.3) is 0 Å². The Bertz CT molecular complexity index is 887. The Morgan fingerprint density at radius 3 is 2.50 bits per heavy atom. The lowest BCUT2D eigenvalue weighted by Crippen LogP contribution is -2.25. The van der Waals surface area contributed by atoms with Gasteiger partial charge < -0.3 is 14.9 Å². The molecule has 7 heteroatoms. The highest BCUT2D eigenvalue weighted by Crippen LogP contribution is 2.30. The lowest BCUT2D eigenvalue weighted by molar-refractivity contribution is -0.103. The van der Waals surface area contributed by atoms with Crippen molar-refractivity contribution in [2.45, 2.75) is 45.1 Å². The highest BCUT2D eigenvalue weighted by molar-refractivity contribution is 5.93. The highest BCUT2D eigenvalue weighted by atomic mass is 19.1. The second-order valence-electron chi connectivity index (χ2n) is 6.95. The molecule has 1 unspecified atom stereocenters. The molecule has 0 amide bonds. The number of aromatic carboxylic acids is 1. The predicted molar refractivity (Wildman–Crippen MR) is 95.4 cm³/mol. The quantitative estimate of drug-likeness (QED) is 0.814. The van der Waals surface area contributed by atoms with Crippen molar-refractivity contribution in [2.75, 3.05) is 13.1 Å². The van der Waals surface area contributed by atoms with Crippen molar-refractivity contribution >= 4 is 16.9 Å². The van der Waals surface area contributed by atoms with Crippen LogP contribution in [0.1, 0.15) is 54.6 Å². The maximum atomic E-state index is 13.6. The van der Waals surface area contributed by atoms with Gasteiger partial charge in [-0.25, -0.2) is 9.18 Å². The van der Waals surface area contributed by atoms with Crippen LogP contribution in [0.2, 0.25) is 0 Å². The van der Waals surface area contributed by atoms with Gasteiger partial charge in [0, 0.05) is 30.7 Å². The van der Waals surface area contributed by atoms with E-state index >= 15 is 0 Å². The van der Waals surface area contributed by atoms with E-state index in [1.54, 1.807) is 4.57 Å².